The van der Waals surface area contributed by atoms with Gasteiger partial charge in [-0.1, -0.05) is 24.8 Å². The van der Waals surface area contributed by atoms with Gasteiger partial charge in [-0.3, -0.25) is 4.79 Å². The zero-order valence-corrected chi connectivity index (χ0v) is 18.7. The third-order valence-corrected chi connectivity index (χ3v) is 4.53. The Balaban J connectivity index is 2.50. The lowest BCUT2D eigenvalue weighted by Gasteiger charge is -2.41. The maximum absolute atomic E-state index is 12.1. The van der Waals surface area contributed by atoms with Crippen molar-refractivity contribution >= 4 is 12.1 Å². The van der Waals surface area contributed by atoms with E-state index < -0.39 is 5.60 Å². The number of nitrogens with zero attached hydrogens (tertiary/aromatic N) is 1. The van der Waals surface area contributed by atoms with Crippen LogP contribution in [-0.2, 0) is 19.0 Å². The maximum atomic E-state index is 12.1. The molecule has 6 nitrogen and oxygen atoms in total. The average Bonchev–Trinajstić information content (AvgIpc) is 2.56. The number of rotatable bonds is 9. The minimum atomic E-state index is -0.508. The average molecular weight is 406 g/mol. The van der Waals surface area contributed by atoms with Crippen LogP contribution >= 0.6 is 0 Å². The number of carbonyl (C=O) groups excluding carboxylic acids is 2. The van der Waals surface area contributed by atoms with Crippen molar-refractivity contribution in [2.75, 3.05) is 20.3 Å². The molecular weight excluding hydrogens is 370 g/mol. The van der Waals surface area contributed by atoms with Gasteiger partial charge in [0, 0.05) is 13.0 Å². The van der Waals surface area contributed by atoms with Gasteiger partial charge in [0.2, 0.25) is 0 Å². The molecule has 0 bridgehead atoms. The Bertz CT molecular complexity index is 697. The molecule has 6 heteroatoms. The third kappa shape index (κ3) is 9.03. The van der Waals surface area contributed by atoms with E-state index in [9.17, 15) is 9.59 Å². The molecule has 1 unspecified atom stereocenters. The zero-order chi connectivity index (χ0) is 22.2. The summed E-state index contributed by atoms with van der Waals surface area (Å²) < 4.78 is 15.8. The van der Waals surface area contributed by atoms with Gasteiger partial charge in [-0.15, -0.1) is 0 Å². The van der Waals surface area contributed by atoms with Gasteiger partial charge >= 0.3 is 12.1 Å². The topological polar surface area (TPSA) is 65.1 Å². The molecule has 1 atom stereocenters. The molecular formula is C23H35NO5. The molecule has 1 aliphatic heterocycles. The van der Waals surface area contributed by atoms with Gasteiger partial charge < -0.3 is 19.1 Å². The summed E-state index contributed by atoms with van der Waals surface area (Å²) in [5.41, 5.74) is 2.36. The van der Waals surface area contributed by atoms with Gasteiger partial charge in [0.1, 0.15) is 18.0 Å². The summed E-state index contributed by atoms with van der Waals surface area (Å²) >= 11 is 0. The molecule has 1 rings (SSSR count). The van der Waals surface area contributed by atoms with Crippen LogP contribution in [-0.4, -0.2) is 48.9 Å². The molecule has 0 aromatic rings. The van der Waals surface area contributed by atoms with Crippen molar-refractivity contribution in [2.24, 2.45) is 0 Å². The summed E-state index contributed by atoms with van der Waals surface area (Å²) in [7, 11) is 1.38. The molecule has 0 aromatic heterocycles. The second kappa shape index (κ2) is 10.9. The highest BCUT2D eigenvalue weighted by Crippen LogP contribution is 2.23. The molecule has 1 fully saturated rings. The molecule has 0 saturated carbocycles. The molecule has 0 N–H and O–H groups in total. The SMILES string of the molecule is C=C(/C=C(C)/C(C)=C/C(=C)OCC1CCN1C(=O)OC(C)(C)C)CCC(=O)OC. The summed E-state index contributed by atoms with van der Waals surface area (Å²) in [6.45, 7) is 18.5. The van der Waals surface area contributed by atoms with E-state index in [1.54, 1.807) is 4.90 Å². The fourth-order valence-electron chi connectivity index (χ4n) is 2.63. The first-order valence-corrected chi connectivity index (χ1v) is 9.86. The third-order valence-electron chi connectivity index (χ3n) is 4.53. The molecule has 0 aromatic carbocycles. The number of ether oxygens (including phenoxy) is 3. The summed E-state index contributed by atoms with van der Waals surface area (Å²) in [4.78, 5) is 25.1. The number of carbonyl (C=O) groups is 2. The summed E-state index contributed by atoms with van der Waals surface area (Å²) in [6.07, 6.45) is 5.24. The van der Waals surface area contributed by atoms with E-state index in [2.05, 4.69) is 17.9 Å². The van der Waals surface area contributed by atoms with Crippen LogP contribution in [0.3, 0.4) is 0 Å². The second-order valence-electron chi connectivity index (χ2n) is 8.28. The van der Waals surface area contributed by atoms with Crippen LogP contribution in [0.1, 0.15) is 53.9 Å². The van der Waals surface area contributed by atoms with Gasteiger partial charge in [-0.2, -0.15) is 0 Å². The summed E-state index contributed by atoms with van der Waals surface area (Å²) in [5, 5.41) is 0. The van der Waals surface area contributed by atoms with Gasteiger partial charge in [-0.25, -0.2) is 4.79 Å². The molecule has 1 aliphatic rings. The van der Waals surface area contributed by atoms with E-state index in [-0.39, 0.29) is 18.1 Å². The number of esters is 1. The standard InChI is InChI=1S/C23H35NO5/c1-16(9-10-21(25)27-8)13-17(2)18(3)14-19(4)28-15-20-11-12-24(20)22(26)29-23(5,6)7/h13-14,20H,1,4,9-12,15H2,2-3,5-8H3/b17-13+,18-14+. The molecule has 1 amide bonds. The van der Waals surface area contributed by atoms with Crippen molar-refractivity contribution < 1.29 is 23.8 Å². The van der Waals surface area contributed by atoms with Crippen LogP contribution in [0.25, 0.3) is 0 Å². The Labute approximate surface area is 174 Å². The Morgan fingerprint density at radius 1 is 1.10 bits per heavy atom. The number of allylic oxidation sites excluding steroid dienone is 5. The minimum absolute atomic E-state index is 0.00467. The van der Waals surface area contributed by atoms with Crippen molar-refractivity contribution in [3.8, 4) is 0 Å². The number of hydrogen-bond acceptors (Lipinski definition) is 5. The number of likely N-dealkylation sites (tertiary alicyclic amines) is 1. The van der Waals surface area contributed by atoms with Crippen molar-refractivity contribution in [1.82, 2.24) is 4.90 Å². The fraction of sp³-hybridized carbons (Fsp3) is 0.565. The van der Waals surface area contributed by atoms with Crippen LogP contribution in [0, 0.1) is 0 Å². The molecule has 1 heterocycles. The molecule has 0 spiro atoms. The molecule has 1 saturated heterocycles. The Kier molecular flexibility index (Phi) is 9.21. The largest absolute Gasteiger partial charge is 0.492 e. The molecule has 0 aliphatic carbocycles. The zero-order valence-electron chi connectivity index (χ0n) is 18.7. The number of amides is 1. The van der Waals surface area contributed by atoms with E-state index in [1.807, 2.05) is 46.8 Å². The van der Waals surface area contributed by atoms with Crippen molar-refractivity contribution in [2.45, 2.75) is 65.5 Å². The molecule has 162 valence electrons. The van der Waals surface area contributed by atoms with E-state index in [1.165, 1.54) is 7.11 Å². The summed E-state index contributed by atoms with van der Waals surface area (Å²) in [6, 6.07) is 0.00467. The lowest BCUT2D eigenvalue weighted by Crippen LogP contribution is -2.54. The fourth-order valence-corrected chi connectivity index (χ4v) is 2.63. The van der Waals surface area contributed by atoms with Crippen LogP contribution < -0.4 is 0 Å². The lowest BCUT2D eigenvalue weighted by atomic mass is 10.0. The summed E-state index contributed by atoms with van der Waals surface area (Å²) in [5.74, 6) is 0.286. The van der Waals surface area contributed by atoms with Crippen LogP contribution in [0.2, 0.25) is 0 Å². The first-order valence-electron chi connectivity index (χ1n) is 9.86. The van der Waals surface area contributed by atoms with Crippen molar-refractivity contribution in [1.29, 1.82) is 0 Å². The number of methoxy groups -OCH3 is 1. The smallest absolute Gasteiger partial charge is 0.410 e. The minimum Gasteiger partial charge on any atom is -0.492 e. The van der Waals surface area contributed by atoms with Gasteiger partial charge in [0.05, 0.1) is 13.2 Å². The van der Waals surface area contributed by atoms with E-state index >= 15 is 0 Å². The lowest BCUT2D eigenvalue weighted by molar-refractivity contribution is -0.140. The van der Waals surface area contributed by atoms with Gasteiger partial charge in [-0.05, 0) is 64.7 Å². The predicted molar refractivity (Wildman–Crippen MR) is 114 cm³/mol. The number of hydrogen-bond donors (Lipinski definition) is 0. The predicted octanol–water partition coefficient (Wildman–Crippen LogP) is 4.93. The molecule has 29 heavy (non-hydrogen) atoms. The Morgan fingerprint density at radius 3 is 2.24 bits per heavy atom. The maximum Gasteiger partial charge on any atom is 0.410 e. The van der Waals surface area contributed by atoms with Gasteiger partial charge in [0.25, 0.3) is 0 Å². The van der Waals surface area contributed by atoms with Crippen LogP contribution in [0.15, 0.2) is 47.8 Å². The Morgan fingerprint density at radius 2 is 1.72 bits per heavy atom. The van der Waals surface area contributed by atoms with E-state index in [0.29, 0.717) is 31.8 Å². The Hall–Kier alpha value is -2.50. The normalized spacial score (nSPS) is 17.3. The van der Waals surface area contributed by atoms with E-state index in [0.717, 1.165) is 23.1 Å². The van der Waals surface area contributed by atoms with E-state index in [4.69, 9.17) is 9.47 Å². The van der Waals surface area contributed by atoms with Crippen LogP contribution in [0.4, 0.5) is 4.79 Å². The highest BCUT2D eigenvalue weighted by Gasteiger charge is 2.35. The first kappa shape index (κ1) is 24.5. The van der Waals surface area contributed by atoms with Crippen molar-refractivity contribution in [3.05, 3.63) is 47.8 Å². The monoisotopic (exact) mass is 405 g/mol. The quantitative estimate of drug-likeness (QED) is 0.309. The van der Waals surface area contributed by atoms with Crippen LogP contribution in [0.5, 0.6) is 0 Å². The first-order chi connectivity index (χ1) is 13.4. The van der Waals surface area contributed by atoms with Gasteiger partial charge in [0.15, 0.2) is 0 Å². The molecule has 0 radical (unpaired) electrons. The second-order valence-corrected chi connectivity index (χ2v) is 8.28. The highest BCUT2D eigenvalue weighted by atomic mass is 16.6. The van der Waals surface area contributed by atoms with Crippen molar-refractivity contribution in [3.63, 3.8) is 0 Å². The highest BCUT2D eigenvalue weighted by molar-refractivity contribution is 5.70.